The molecule has 11 heteroatoms. The van der Waals surface area contributed by atoms with Crippen LogP contribution in [0.3, 0.4) is 0 Å². The van der Waals surface area contributed by atoms with Gasteiger partial charge in [0.2, 0.25) is 5.91 Å². The maximum atomic E-state index is 13.7. The summed E-state index contributed by atoms with van der Waals surface area (Å²) in [4.78, 5) is 18.4. The van der Waals surface area contributed by atoms with Crippen molar-refractivity contribution in [1.29, 1.82) is 0 Å². The molecule has 1 aliphatic rings. The van der Waals surface area contributed by atoms with E-state index in [1.807, 2.05) is 24.3 Å². The SMILES string of the molecule is CN=C(NCC(=O)Nc1ccc(F)c(F)c1F)NC1CCN(c2ccccc2OC)C1.I. The lowest BCUT2D eigenvalue weighted by molar-refractivity contribution is -0.115. The van der Waals surface area contributed by atoms with E-state index in [1.165, 1.54) is 0 Å². The third-order valence-electron chi connectivity index (χ3n) is 4.90. The molecule has 1 fully saturated rings. The van der Waals surface area contributed by atoms with Crippen LogP contribution in [-0.2, 0) is 4.79 Å². The number of benzene rings is 2. The number of guanidine groups is 1. The molecular weight excluding hydrogens is 538 g/mol. The Balaban J connectivity index is 0.00000363. The molecule has 2 aromatic carbocycles. The molecule has 1 atom stereocenters. The minimum absolute atomic E-state index is 0. The second-order valence-electron chi connectivity index (χ2n) is 6.94. The predicted molar refractivity (Wildman–Crippen MR) is 128 cm³/mol. The fourth-order valence-electron chi connectivity index (χ4n) is 3.36. The zero-order valence-corrected chi connectivity index (χ0v) is 20.0. The van der Waals surface area contributed by atoms with Gasteiger partial charge < -0.3 is 25.6 Å². The van der Waals surface area contributed by atoms with Gasteiger partial charge in [0, 0.05) is 26.2 Å². The number of carbonyl (C=O) groups is 1. The van der Waals surface area contributed by atoms with Crippen molar-refractivity contribution < 1.29 is 22.7 Å². The van der Waals surface area contributed by atoms with Gasteiger partial charge in [-0.25, -0.2) is 13.2 Å². The lowest BCUT2D eigenvalue weighted by Crippen LogP contribution is -2.46. The number of carbonyl (C=O) groups excluding carboxylic acids is 1. The van der Waals surface area contributed by atoms with Crippen LogP contribution in [0.5, 0.6) is 5.75 Å². The number of nitrogens with zero attached hydrogens (tertiary/aromatic N) is 2. The van der Waals surface area contributed by atoms with Crippen LogP contribution in [0, 0.1) is 17.5 Å². The van der Waals surface area contributed by atoms with Crippen LogP contribution in [0.4, 0.5) is 24.5 Å². The number of amides is 1. The highest BCUT2D eigenvalue weighted by molar-refractivity contribution is 14.0. The van der Waals surface area contributed by atoms with Gasteiger partial charge in [0.1, 0.15) is 5.75 Å². The van der Waals surface area contributed by atoms with Crippen molar-refractivity contribution in [3.8, 4) is 5.75 Å². The van der Waals surface area contributed by atoms with Crippen LogP contribution in [-0.4, -0.2) is 51.7 Å². The quantitative estimate of drug-likeness (QED) is 0.218. The number of aliphatic imine (C=N–C) groups is 1. The van der Waals surface area contributed by atoms with E-state index >= 15 is 0 Å². The summed E-state index contributed by atoms with van der Waals surface area (Å²) in [5.74, 6) is -3.84. The zero-order chi connectivity index (χ0) is 22.4. The number of halogens is 4. The van der Waals surface area contributed by atoms with Crippen LogP contribution in [0.15, 0.2) is 41.4 Å². The third kappa shape index (κ3) is 6.17. The molecule has 1 unspecified atom stereocenters. The maximum Gasteiger partial charge on any atom is 0.243 e. The normalized spacial score (nSPS) is 15.7. The number of para-hydroxylation sites is 2. The van der Waals surface area contributed by atoms with Crippen LogP contribution in [0.2, 0.25) is 0 Å². The van der Waals surface area contributed by atoms with Gasteiger partial charge in [0.15, 0.2) is 23.4 Å². The number of ether oxygens (including phenoxy) is 1. The molecule has 0 aromatic heterocycles. The molecule has 0 radical (unpaired) electrons. The Morgan fingerprint density at radius 1 is 1.19 bits per heavy atom. The minimum atomic E-state index is -1.64. The van der Waals surface area contributed by atoms with E-state index < -0.39 is 29.0 Å². The van der Waals surface area contributed by atoms with Gasteiger partial charge in [-0.3, -0.25) is 9.79 Å². The molecule has 1 aliphatic heterocycles. The largest absolute Gasteiger partial charge is 0.495 e. The fourth-order valence-corrected chi connectivity index (χ4v) is 3.36. The van der Waals surface area contributed by atoms with Gasteiger partial charge in [-0.05, 0) is 30.7 Å². The summed E-state index contributed by atoms with van der Waals surface area (Å²) >= 11 is 0. The second-order valence-corrected chi connectivity index (χ2v) is 6.94. The molecule has 1 amide bonds. The third-order valence-corrected chi connectivity index (χ3v) is 4.90. The first kappa shape index (κ1) is 25.6. The number of hydrogen-bond donors (Lipinski definition) is 3. The first-order valence-electron chi connectivity index (χ1n) is 9.71. The lowest BCUT2D eigenvalue weighted by Gasteiger charge is -2.22. The Hall–Kier alpha value is -2.70. The molecular formula is C21H25F3IN5O2. The highest BCUT2D eigenvalue weighted by Crippen LogP contribution is 2.30. The average molecular weight is 563 g/mol. The smallest absolute Gasteiger partial charge is 0.243 e. The fraction of sp³-hybridized carbons (Fsp3) is 0.333. The molecule has 0 spiro atoms. The summed E-state index contributed by atoms with van der Waals surface area (Å²) in [6, 6.07) is 9.56. The molecule has 7 nitrogen and oxygen atoms in total. The van der Waals surface area contributed by atoms with Gasteiger partial charge in [-0.2, -0.15) is 0 Å². The van der Waals surface area contributed by atoms with Gasteiger partial charge >= 0.3 is 0 Å². The molecule has 2 aromatic rings. The zero-order valence-electron chi connectivity index (χ0n) is 17.6. The average Bonchev–Trinajstić information content (AvgIpc) is 3.25. The molecule has 32 heavy (non-hydrogen) atoms. The summed E-state index contributed by atoms with van der Waals surface area (Å²) < 4.78 is 45.4. The molecule has 0 saturated carbocycles. The first-order valence-corrected chi connectivity index (χ1v) is 9.71. The van der Waals surface area contributed by atoms with Crippen LogP contribution < -0.4 is 25.6 Å². The van der Waals surface area contributed by atoms with Crippen molar-refractivity contribution in [2.24, 2.45) is 4.99 Å². The van der Waals surface area contributed by atoms with E-state index in [0.29, 0.717) is 12.5 Å². The first-order chi connectivity index (χ1) is 14.9. The Bertz CT molecular complexity index is 976. The van der Waals surface area contributed by atoms with Crippen molar-refractivity contribution in [2.75, 3.05) is 44.0 Å². The predicted octanol–water partition coefficient (Wildman–Crippen LogP) is 3.11. The summed E-state index contributed by atoms with van der Waals surface area (Å²) in [5, 5.41) is 8.28. The summed E-state index contributed by atoms with van der Waals surface area (Å²) in [5.41, 5.74) is 0.571. The molecule has 1 saturated heterocycles. The molecule has 3 N–H and O–H groups in total. The van der Waals surface area contributed by atoms with E-state index in [4.69, 9.17) is 4.74 Å². The van der Waals surface area contributed by atoms with Gasteiger partial charge in [-0.15, -0.1) is 24.0 Å². The van der Waals surface area contributed by atoms with E-state index in [2.05, 4.69) is 25.8 Å². The van der Waals surface area contributed by atoms with Crippen molar-refractivity contribution in [2.45, 2.75) is 12.5 Å². The Kier molecular flexibility index (Phi) is 9.42. The van der Waals surface area contributed by atoms with Crippen molar-refractivity contribution in [3.63, 3.8) is 0 Å². The highest BCUT2D eigenvalue weighted by Gasteiger charge is 2.25. The standard InChI is InChI=1S/C21H24F3N5O2.HI/c1-25-21(26-11-18(30)28-15-8-7-14(22)19(23)20(15)24)27-13-9-10-29(12-13)16-5-3-4-6-17(16)31-2;/h3-8,13H,9-12H2,1-2H3,(H,28,30)(H2,25,26,27);1H. The lowest BCUT2D eigenvalue weighted by atomic mass is 10.2. The van der Waals surface area contributed by atoms with Crippen LogP contribution in [0.25, 0.3) is 0 Å². The van der Waals surface area contributed by atoms with Crippen LogP contribution in [0.1, 0.15) is 6.42 Å². The topological polar surface area (TPSA) is 78.0 Å². The van der Waals surface area contributed by atoms with E-state index in [1.54, 1.807) is 14.2 Å². The Morgan fingerprint density at radius 2 is 1.94 bits per heavy atom. The summed E-state index contributed by atoms with van der Waals surface area (Å²) in [6.07, 6.45) is 0.852. The Labute approximate surface area is 201 Å². The Morgan fingerprint density at radius 3 is 2.66 bits per heavy atom. The molecule has 0 bridgehead atoms. The van der Waals surface area contributed by atoms with E-state index in [0.717, 1.165) is 36.5 Å². The second kappa shape index (κ2) is 11.8. The number of methoxy groups -OCH3 is 1. The van der Waals surface area contributed by atoms with Gasteiger partial charge in [-0.1, -0.05) is 12.1 Å². The monoisotopic (exact) mass is 563 g/mol. The maximum absolute atomic E-state index is 13.7. The molecule has 0 aliphatic carbocycles. The van der Waals surface area contributed by atoms with Crippen molar-refractivity contribution in [3.05, 3.63) is 53.8 Å². The number of rotatable bonds is 6. The summed E-state index contributed by atoms with van der Waals surface area (Å²) in [7, 11) is 3.20. The molecule has 174 valence electrons. The number of anilines is 2. The number of hydrogen-bond acceptors (Lipinski definition) is 4. The highest BCUT2D eigenvalue weighted by atomic mass is 127. The van der Waals surface area contributed by atoms with Crippen molar-refractivity contribution >= 4 is 47.2 Å². The molecule has 3 rings (SSSR count). The van der Waals surface area contributed by atoms with Gasteiger partial charge in [0.05, 0.1) is 25.0 Å². The van der Waals surface area contributed by atoms with E-state index in [-0.39, 0.29) is 36.6 Å². The van der Waals surface area contributed by atoms with Crippen LogP contribution >= 0.6 is 24.0 Å². The minimum Gasteiger partial charge on any atom is -0.495 e. The summed E-state index contributed by atoms with van der Waals surface area (Å²) in [6.45, 7) is 1.30. The molecule has 1 heterocycles. The number of nitrogens with one attached hydrogen (secondary N) is 3. The van der Waals surface area contributed by atoms with E-state index in [9.17, 15) is 18.0 Å². The van der Waals surface area contributed by atoms with Crippen molar-refractivity contribution in [1.82, 2.24) is 10.6 Å². The van der Waals surface area contributed by atoms with Gasteiger partial charge in [0.25, 0.3) is 0 Å².